The summed E-state index contributed by atoms with van der Waals surface area (Å²) < 4.78 is 0. The predicted molar refractivity (Wildman–Crippen MR) is 337 cm³/mol. The molecule has 0 aliphatic heterocycles. The van der Waals surface area contributed by atoms with Crippen LogP contribution >= 0.6 is 0 Å². The molecule has 0 amide bonds. The van der Waals surface area contributed by atoms with E-state index in [0.717, 1.165) is 74.8 Å². The first kappa shape index (κ1) is 75.5. The molecular weight excluding hydrogens is 1030 g/mol. The number of aliphatic hydroxyl groups excluding tert-OH is 4. The fraction of sp³-hybridized carbons (Fsp3) is 0.956. The number of nitrogens with zero attached hydrogens (tertiary/aromatic N) is 2. The van der Waals surface area contributed by atoms with Gasteiger partial charge in [-0.3, -0.25) is 14.8 Å². The van der Waals surface area contributed by atoms with Gasteiger partial charge in [-0.05, 0) is 213 Å². The molecule has 0 aromatic heterocycles. The second-order valence-corrected chi connectivity index (χ2v) is 31.7. The van der Waals surface area contributed by atoms with E-state index in [9.17, 15) is 4.79 Å². The van der Waals surface area contributed by atoms with Crippen LogP contribution in [0.15, 0.2) is 9.98 Å². The maximum atomic E-state index is 11.6. The molecule has 10 N–H and O–H groups in total. The molecule has 12 heteroatoms. The minimum absolute atomic E-state index is 0. The number of aliphatic hydroxyl groups is 4. The molecule has 0 aromatic rings. The Morgan fingerprint density at radius 2 is 0.700 bits per heavy atom. The van der Waals surface area contributed by atoms with Crippen LogP contribution in [0.25, 0.3) is 0 Å². The van der Waals surface area contributed by atoms with Gasteiger partial charge >= 0.3 is 0 Å². The van der Waals surface area contributed by atoms with E-state index in [1.165, 1.54) is 94.9 Å². The van der Waals surface area contributed by atoms with Crippen LogP contribution in [-0.2, 0) is 26.5 Å². The molecule has 0 spiro atoms. The van der Waals surface area contributed by atoms with Crippen LogP contribution in [0, 0.1) is 83.7 Å². The second-order valence-electron chi connectivity index (χ2n) is 31.7. The van der Waals surface area contributed by atoms with Gasteiger partial charge in [-0.2, -0.15) is 0 Å². The molecule has 80 heavy (non-hydrogen) atoms. The van der Waals surface area contributed by atoms with Crippen LogP contribution < -0.4 is 22.1 Å². The Labute approximate surface area is 508 Å². The minimum Gasteiger partial charge on any atom is -0.394 e. The number of Topliss-reactive ketones (excluding diaryl/α,β-unsaturated/α-hetero) is 1. The molecule has 0 aromatic carbocycles. The van der Waals surface area contributed by atoms with E-state index < -0.39 is 0 Å². The zero-order valence-corrected chi connectivity index (χ0v) is 58.0. The largest absolute Gasteiger partial charge is 0.394 e. The number of fused-ring (bicyclic) bond motifs is 10. The molecule has 468 valence electrons. The predicted octanol–water partition coefficient (Wildman–Crippen LogP) is 13.0. The second kappa shape index (κ2) is 29.4. The summed E-state index contributed by atoms with van der Waals surface area (Å²) in [6, 6.07) is 1.47. The number of hydrogen-bond donors (Lipinski definition) is 8. The summed E-state index contributed by atoms with van der Waals surface area (Å²) in [5.74, 6) is 4.80. The fourth-order valence-corrected chi connectivity index (χ4v) is 17.1. The topological polar surface area (TPSA) is 199 Å². The van der Waals surface area contributed by atoms with Gasteiger partial charge in [0.05, 0.1) is 13.1 Å². The van der Waals surface area contributed by atoms with Crippen molar-refractivity contribution in [3.8, 4) is 0 Å². The third kappa shape index (κ3) is 15.7. The van der Waals surface area contributed by atoms with Gasteiger partial charge in [-0.1, -0.05) is 104 Å². The van der Waals surface area contributed by atoms with Gasteiger partial charge in [0.2, 0.25) is 0 Å². The standard InChI is InChI=1S/C22H40N2.C22H36N2.C10H16O.4C3H8O.C2H8N2.Ti/c2*1-19(2)15-7-9-21(19,5)17(13-15)23-11-12-24-18-14-16-8-10-22(18,6)20(16,3)4;1-9(2)7-4-5-10(9,3)8(11)6-7;4*1-3(2)4;3-1-2-4;/h15-18,23-24H,7-14H2,1-6H3;15-16H,7-14H2,1-6H3;7H,4-6H2,1-3H3;4*3-4H,1-2H3;1-4H2;. The van der Waals surface area contributed by atoms with Gasteiger partial charge in [0, 0.05) is 118 Å². The number of nitrogens with two attached hydrogens (primary N) is 2. The van der Waals surface area contributed by atoms with Crippen molar-refractivity contribution in [2.45, 2.75) is 292 Å². The number of rotatable bonds is 9. The number of carbonyl (C=O) groups is 1. The van der Waals surface area contributed by atoms with Crippen molar-refractivity contribution in [3.05, 3.63) is 0 Å². The van der Waals surface area contributed by atoms with Crippen molar-refractivity contribution in [1.29, 1.82) is 0 Å². The van der Waals surface area contributed by atoms with Crippen LogP contribution in [0.5, 0.6) is 0 Å². The summed E-state index contributed by atoms with van der Waals surface area (Å²) in [6.07, 6.45) is 19.1. The molecule has 0 radical (unpaired) electrons. The van der Waals surface area contributed by atoms with Crippen molar-refractivity contribution in [2.75, 3.05) is 39.3 Å². The minimum atomic E-state index is -0.167. The molecule has 10 aliphatic rings. The smallest absolute Gasteiger partial charge is 0.139 e. The molecule has 10 aliphatic carbocycles. The van der Waals surface area contributed by atoms with Crippen molar-refractivity contribution in [2.24, 2.45) is 105 Å². The van der Waals surface area contributed by atoms with E-state index in [2.05, 4.69) is 114 Å². The summed E-state index contributed by atoms with van der Waals surface area (Å²) in [7, 11) is 0. The van der Waals surface area contributed by atoms with Crippen molar-refractivity contribution >= 4 is 17.2 Å². The molecule has 10 rings (SSSR count). The van der Waals surface area contributed by atoms with Crippen molar-refractivity contribution in [1.82, 2.24) is 10.6 Å². The van der Waals surface area contributed by atoms with Crippen molar-refractivity contribution in [3.63, 3.8) is 0 Å². The number of aliphatic imine (C=N–C) groups is 2. The molecule has 0 heterocycles. The van der Waals surface area contributed by atoms with Crippen LogP contribution in [-0.4, -0.2) is 113 Å². The van der Waals surface area contributed by atoms with E-state index in [1.807, 2.05) is 0 Å². The zero-order chi connectivity index (χ0) is 60.8. The maximum absolute atomic E-state index is 11.6. The average molecular weight is 1160 g/mol. The van der Waals surface area contributed by atoms with E-state index in [4.69, 9.17) is 41.9 Å². The molecule has 12 atom stereocenters. The quantitative estimate of drug-likeness (QED) is 0.0818. The summed E-state index contributed by atoms with van der Waals surface area (Å²) in [4.78, 5) is 21.7. The molecule has 0 saturated heterocycles. The van der Waals surface area contributed by atoms with Crippen molar-refractivity contribution < 1.29 is 46.9 Å². The zero-order valence-electron chi connectivity index (χ0n) is 56.4. The average Bonchev–Trinajstić information content (AvgIpc) is 4.13. The fourth-order valence-electron chi connectivity index (χ4n) is 17.1. The SMILES string of the molecule is CC(C)O.CC(C)O.CC(C)O.CC(C)O.CC1(C)C2CCC1(C)C(NCCNC1CC3CCC1(C)C3(C)C)C2.CC12CCC(CC1=NCCN=C1CC3CCC1(C)C3(C)C)C2(C)C.CC12CCC(CC1=O)C2(C)C.NCCN.[Ti]. The summed E-state index contributed by atoms with van der Waals surface area (Å²) in [5.41, 5.74) is 16.8. The van der Waals surface area contributed by atoms with Gasteiger partial charge in [0.25, 0.3) is 0 Å². The van der Waals surface area contributed by atoms with Crippen LogP contribution in [0.4, 0.5) is 0 Å². The van der Waals surface area contributed by atoms with Gasteiger partial charge in [0.15, 0.2) is 0 Å². The van der Waals surface area contributed by atoms with Gasteiger partial charge < -0.3 is 42.5 Å². The van der Waals surface area contributed by atoms with Crippen LogP contribution in [0.3, 0.4) is 0 Å². The van der Waals surface area contributed by atoms with E-state index in [1.54, 1.807) is 55.4 Å². The Kier molecular flexibility index (Phi) is 27.7. The summed E-state index contributed by atoms with van der Waals surface area (Å²) >= 11 is 0. The Morgan fingerprint density at radius 1 is 0.438 bits per heavy atom. The monoisotopic (exact) mass is 1160 g/mol. The number of hydrogen-bond acceptors (Lipinski definition) is 11. The molecule has 10 fully saturated rings. The Bertz CT molecular complexity index is 1850. The normalized spacial score (nSPS) is 38.3. The first-order chi connectivity index (χ1) is 36.1. The van der Waals surface area contributed by atoms with Gasteiger partial charge in [-0.15, -0.1) is 0 Å². The van der Waals surface area contributed by atoms with Gasteiger partial charge in [-0.25, -0.2) is 0 Å². The molecule has 11 nitrogen and oxygen atoms in total. The van der Waals surface area contributed by atoms with Gasteiger partial charge in [0.1, 0.15) is 5.78 Å². The van der Waals surface area contributed by atoms with E-state index >= 15 is 0 Å². The number of carbonyl (C=O) groups excluding carboxylic acids is 1. The first-order valence-electron chi connectivity index (χ1n) is 32.3. The number of nitrogens with one attached hydrogen (secondary N) is 2. The summed E-state index contributed by atoms with van der Waals surface area (Å²) in [6.45, 7) is 55.7. The third-order valence-electron chi connectivity index (χ3n) is 24.9. The Morgan fingerprint density at radius 3 is 0.863 bits per heavy atom. The molecular formula is C68H132N6O5Ti. The first-order valence-corrected chi connectivity index (χ1v) is 32.3. The molecule has 12 unspecified atom stereocenters. The third-order valence-corrected chi connectivity index (χ3v) is 24.9. The van der Waals surface area contributed by atoms with Crippen LogP contribution in [0.2, 0.25) is 0 Å². The summed E-state index contributed by atoms with van der Waals surface area (Å²) in [5, 5.41) is 40.1. The Balaban J connectivity index is 0.000000361. The molecule has 10 saturated carbocycles. The number of ketones is 1. The van der Waals surface area contributed by atoms with Crippen LogP contribution in [0.1, 0.15) is 256 Å². The Hall–Kier alpha value is -0.596. The van der Waals surface area contributed by atoms with E-state index in [0.29, 0.717) is 68.1 Å². The molecule has 10 bridgehead atoms. The maximum Gasteiger partial charge on any atom is 0.139 e. The van der Waals surface area contributed by atoms with E-state index in [-0.39, 0.29) is 57.0 Å².